The van der Waals surface area contributed by atoms with Crippen molar-refractivity contribution in [1.29, 1.82) is 0 Å². The number of imidazole rings is 1. The molecule has 2 N–H and O–H groups in total. The van der Waals surface area contributed by atoms with Gasteiger partial charge in [-0.15, -0.1) is 0 Å². The summed E-state index contributed by atoms with van der Waals surface area (Å²) in [4.78, 5) is 29.5. The number of fused-ring (bicyclic) bond motifs is 2. The third-order valence-corrected chi connectivity index (χ3v) is 4.84. The van der Waals surface area contributed by atoms with Crippen molar-refractivity contribution >= 4 is 33.6 Å². The Hall–Kier alpha value is -3.67. The summed E-state index contributed by atoms with van der Waals surface area (Å²) in [6.45, 7) is 4.81. The van der Waals surface area contributed by atoms with Gasteiger partial charge in [0.05, 0.1) is 11.0 Å². The zero-order valence-electron chi connectivity index (χ0n) is 15.7. The van der Waals surface area contributed by atoms with Crippen molar-refractivity contribution in [2.24, 2.45) is 0 Å². The van der Waals surface area contributed by atoms with Crippen LogP contribution in [0.3, 0.4) is 0 Å². The van der Waals surface area contributed by atoms with Crippen LogP contribution in [0.1, 0.15) is 33.5 Å². The third-order valence-electron chi connectivity index (χ3n) is 4.84. The fourth-order valence-corrected chi connectivity index (χ4v) is 3.47. The number of hydrazine groups is 1. The number of aromatic nitrogens is 2. The molecule has 6 nitrogen and oxygen atoms in total. The van der Waals surface area contributed by atoms with Crippen LogP contribution in [0, 0.1) is 6.92 Å². The number of benzene rings is 3. The molecule has 3 aromatic carbocycles. The Morgan fingerprint density at radius 1 is 0.964 bits per heavy atom. The van der Waals surface area contributed by atoms with Crippen molar-refractivity contribution in [3.05, 3.63) is 77.6 Å². The highest BCUT2D eigenvalue weighted by atomic mass is 16.2. The van der Waals surface area contributed by atoms with Crippen molar-refractivity contribution < 1.29 is 9.59 Å². The lowest BCUT2D eigenvalue weighted by Crippen LogP contribution is -2.41. The van der Waals surface area contributed by atoms with Crippen LogP contribution in [0.25, 0.3) is 21.8 Å². The van der Waals surface area contributed by atoms with Gasteiger partial charge in [0.15, 0.2) is 0 Å². The quantitative estimate of drug-likeness (QED) is 0.540. The summed E-state index contributed by atoms with van der Waals surface area (Å²) in [5, 5.41) is 1.80. The maximum atomic E-state index is 12.6. The highest BCUT2D eigenvalue weighted by molar-refractivity contribution is 6.08. The summed E-state index contributed by atoms with van der Waals surface area (Å²) < 4.78 is 2.08. The fourth-order valence-electron chi connectivity index (χ4n) is 3.47. The zero-order valence-corrected chi connectivity index (χ0v) is 15.7. The summed E-state index contributed by atoms with van der Waals surface area (Å²) in [6.07, 6.45) is 0. The standard InChI is InChI=1S/C22H20N4O2/c1-3-26-14(2)23-19-13-16(11-12-20(19)26)21(27)24-25-22(28)18-10-6-8-15-7-4-5-9-17(15)18/h4-13H,3H2,1-2H3,(H,24,27)(H,25,28). The Morgan fingerprint density at radius 2 is 1.71 bits per heavy atom. The summed E-state index contributed by atoms with van der Waals surface area (Å²) in [5.74, 6) is 0.149. The lowest BCUT2D eigenvalue weighted by atomic mass is 10.0. The number of aryl methyl sites for hydroxylation is 2. The van der Waals surface area contributed by atoms with E-state index >= 15 is 0 Å². The van der Waals surface area contributed by atoms with Crippen molar-refractivity contribution in [3.8, 4) is 0 Å². The van der Waals surface area contributed by atoms with Crippen molar-refractivity contribution in [2.75, 3.05) is 0 Å². The van der Waals surface area contributed by atoms with Crippen LogP contribution in [0.5, 0.6) is 0 Å². The van der Waals surface area contributed by atoms with Crippen LogP contribution in [-0.2, 0) is 6.54 Å². The minimum atomic E-state index is -0.390. The number of hydrogen-bond acceptors (Lipinski definition) is 3. The predicted molar refractivity (Wildman–Crippen MR) is 109 cm³/mol. The Bertz CT molecular complexity index is 1200. The first-order valence-corrected chi connectivity index (χ1v) is 9.14. The van der Waals surface area contributed by atoms with Gasteiger partial charge in [0.25, 0.3) is 11.8 Å². The first-order chi connectivity index (χ1) is 13.6. The zero-order chi connectivity index (χ0) is 19.7. The van der Waals surface area contributed by atoms with Crippen LogP contribution in [0.2, 0.25) is 0 Å². The number of amides is 2. The van der Waals surface area contributed by atoms with Gasteiger partial charge in [-0.05, 0) is 48.9 Å². The Balaban J connectivity index is 1.52. The van der Waals surface area contributed by atoms with Crippen LogP contribution in [0.15, 0.2) is 60.7 Å². The topological polar surface area (TPSA) is 76.0 Å². The van der Waals surface area contributed by atoms with E-state index < -0.39 is 0 Å². The highest BCUT2D eigenvalue weighted by Gasteiger charge is 2.13. The highest BCUT2D eigenvalue weighted by Crippen LogP contribution is 2.19. The maximum absolute atomic E-state index is 12.6. The SMILES string of the molecule is CCn1c(C)nc2cc(C(=O)NNC(=O)c3cccc4ccccc34)ccc21. The molecular formula is C22H20N4O2. The molecule has 140 valence electrons. The van der Waals surface area contributed by atoms with Crippen LogP contribution in [-0.4, -0.2) is 21.4 Å². The Labute approximate surface area is 162 Å². The van der Waals surface area contributed by atoms with Gasteiger partial charge in [-0.3, -0.25) is 20.4 Å². The molecule has 0 aliphatic carbocycles. The largest absolute Gasteiger partial charge is 0.329 e. The molecule has 0 saturated carbocycles. The minimum absolute atomic E-state index is 0.364. The van der Waals surface area contributed by atoms with Gasteiger partial charge < -0.3 is 4.57 Å². The molecule has 0 radical (unpaired) electrons. The predicted octanol–water partition coefficient (Wildman–Crippen LogP) is 3.59. The van der Waals surface area contributed by atoms with Gasteiger partial charge in [-0.2, -0.15) is 0 Å². The molecule has 1 heterocycles. The van der Waals surface area contributed by atoms with E-state index in [4.69, 9.17) is 0 Å². The van der Waals surface area contributed by atoms with E-state index in [9.17, 15) is 9.59 Å². The van der Waals surface area contributed by atoms with E-state index in [1.165, 1.54) is 0 Å². The molecule has 0 atom stereocenters. The minimum Gasteiger partial charge on any atom is -0.329 e. The number of carbonyl (C=O) groups excluding carboxylic acids is 2. The summed E-state index contributed by atoms with van der Waals surface area (Å²) in [6, 6.07) is 18.5. The number of hydrogen-bond donors (Lipinski definition) is 2. The molecule has 2 amide bonds. The first kappa shape index (κ1) is 17.7. The van der Waals surface area contributed by atoms with Gasteiger partial charge in [-0.1, -0.05) is 36.4 Å². The molecule has 0 fully saturated rings. The summed E-state index contributed by atoms with van der Waals surface area (Å²) >= 11 is 0. The van der Waals surface area contributed by atoms with Gasteiger partial charge in [0.1, 0.15) is 5.82 Å². The van der Waals surface area contributed by atoms with Crippen molar-refractivity contribution in [1.82, 2.24) is 20.4 Å². The third kappa shape index (κ3) is 3.09. The molecular weight excluding hydrogens is 352 g/mol. The molecule has 0 saturated heterocycles. The maximum Gasteiger partial charge on any atom is 0.270 e. The molecule has 28 heavy (non-hydrogen) atoms. The molecule has 4 rings (SSSR count). The van der Waals surface area contributed by atoms with E-state index in [1.807, 2.05) is 49.4 Å². The number of rotatable bonds is 3. The number of carbonyl (C=O) groups is 2. The van der Waals surface area contributed by atoms with Gasteiger partial charge in [-0.25, -0.2) is 4.98 Å². The van der Waals surface area contributed by atoms with E-state index in [1.54, 1.807) is 18.2 Å². The average Bonchev–Trinajstić information content (AvgIpc) is 3.05. The monoisotopic (exact) mass is 372 g/mol. The van der Waals surface area contributed by atoms with E-state index in [-0.39, 0.29) is 11.8 Å². The average molecular weight is 372 g/mol. The van der Waals surface area contributed by atoms with Crippen molar-refractivity contribution in [3.63, 3.8) is 0 Å². The molecule has 0 aliphatic rings. The van der Waals surface area contributed by atoms with Crippen LogP contribution >= 0.6 is 0 Å². The molecule has 4 aromatic rings. The lowest BCUT2D eigenvalue weighted by Gasteiger charge is -2.09. The van der Waals surface area contributed by atoms with Gasteiger partial charge in [0.2, 0.25) is 0 Å². The Kier molecular flexibility index (Phi) is 4.53. The number of nitrogens with one attached hydrogen (secondary N) is 2. The van der Waals surface area contributed by atoms with Gasteiger partial charge in [0, 0.05) is 17.7 Å². The van der Waals surface area contributed by atoms with Crippen LogP contribution < -0.4 is 10.9 Å². The molecule has 0 aliphatic heterocycles. The normalized spacial score (nSPS) is 10.9. The molecule has 0 unspecified atom stereocenters. The lowest BCUT2D eigenvalue weighted by molar-refractivity contribution is 0.0847. The molecule has 1 aromatic heterocycles. The van der Waals surface area contributed by atoms with Crippen LogP contribution in [0.4, 0.5) is 0 Å². The molecule has 6 heteroatoms. The van der Waals surface area contributed by atoms with Gasteiger partial charge >= 0.3 is 0 Å². The summed E-state index contributed by atoms with van der Waals surface area (Å²) in [5.41, 5.74) is 7.67. The smallest absolute Gasteiger partial charge is 0.270 e. The molecule has 0 spiro atoms. The second kappa shape index (κ2) is 7.15. The fraction of sp³-hybridized carbons (Fsp3) is 0.136. The second-order valence-electron chi connectivity index (χ2n) is 6.54. The number of nitrogens with zero attached hydrogens (tertiary/aromatic N) is 2. The second-order valence-corrected chi connectivity index (χ2v) is 6.54. The Morgan fingerprint density at radius 3 is 2.54 bits per heavy atom. The molecule has 0 bridgehead atoms. The summed E-state index contributed by atoms with van der Waals surface area (Å²) in [7, 11) is 0. The van der Waals surface area contributed by atoms with Crippen molar-refractivity contribution in [2.45, 2.75) is 20.4 Å². The van der Waals surface area contributed by atoms with E-state index in [0.717, 1.165) is 34.2 Å². The first-order valence-electron chi connectivity index (χ1n) is 9.14. The van der Waals surface area contributed by atoms with E-state index in [0.29, 0.717) is 11.1 Å². The van der Waals surface area contributed by atoms with E-state index in [2.05, 4.69) is 27.3 Å².